The maximum Gasteiger partial charge on any atom is 0.311 e. The molecular formula is C21H24N4O5. The third kappa shape index (κ3) is 4.68. The number of rotatable bonds is 8. The van der Waals surface area contributed by atoms with Crippen LogP contribution in [0.25, 0.3) is 0 Å². The second-order valence-corrected chi connectivity index (χ2v) is 7.00. The number of ether oxygens (including phenoxy) is 1. The maximum atomic E-state index is 12.5. The normalized spacial score (nSPS) is 11.9. The van der Waals surface area contributed by atoms with Gasteiger partial charge in [-0.05, 0) is 51.5 Å². The predicted octanol–water partition coefficient (Wildman–Crippen LogP) is 4.09. The molecule has 2 heterocycles. The largest absolute Gasteiger partial charge is 0.479 e. The fourth-order valence-corrected chi connectivity index (χ4v) is 3.08. The average molecular weight is 412 g/mol. The second-order valence-electron chi connectivity index (χ2n) is 7.00. The smallest absolute Gasteiger partial charge is 0.311 e. The van der Waals surface area contributed by atoms with E-state index in [-0.39, 0.29) is 35.8 Å². The zero-order chi connectivity index (χ0) is 21.8. The monoisotopic (exact) mass is 412 g/mol. The Morgan fingerprint density at radius 1 is 1.33 bits per heavy atom. The summed E-state index contributed by atoms with van der Waals surface area (Å²) >= 11 is 0. The minimum atomic E-state index is -0.493. The van der Waals surface area contributed by atoms with Gasteiger partial charge in [-0.15, -0.1) is 0 Å². The van der Waals surface area contributed by atoms with Crippen LogP contribution in [0.5, 0.6) is 5.75 Å². The molecule has 1 atom stereocenters. The standard InChI is InChI=1S/C21H24N4O5/c1-5-24-11-17(15(4)23-24)14(3)22-21(26)20-9-7-16(30-20)12-29-19-8-6-13(2)10-18(19)25(27)28/h6-11,14H,5,12H2,1-4H3,(H,22,26). The number of hydrogen-bond donors (Lipinski definition) is 1. The molecule has 0 aliphatic carbocycles. The molecule has 0 saturated heterocycles. The summed E-state index contributed by atoms with van der Waals surface area (Å²) in [7, 11) is 0. The molecule has 3 rings (SSSR count). The van der Waals surface area contributed by atoms with Crippen LogP contribution in [0.2, 0.25) is 0 Å². The number of nitro groups is 1. The molecule has 1 unspecified atom stereocenters. The van der Waals surface area contributed by atoms with E-state index in [9.17, 15) is 14.9 Å². The predicted molar refractivity (Wildman–Crippen MR) is 109 cm³/mol. The number of carbonyl (C=O) groups is 1. The van der Waals surface area contributed by atoms with E-state index in [0.29, 0.717) is 5.76 Å². The Bertz CT molecular complexity index is 1070. The first-order chi connectivity index (χ1) is 14.3. The van der Waals surface area contributed by atoms with E-state index < -0.39 is 4.92 Å². The number of nitro benzene ring substituents is 1. The van der Waals surface area contributed by atoms with Crippen molar-refractivity contribution in [1.29, 1.82) is 0 Å². The Labute approximate surface area is 173 Å². The van der Waals surface area contributed by atoms with Crippen LogP contribution in [0.3, 0.4) is 0 Å². The van der Waals surface area contributed by atoms with Gasteiger partial charge < -0.3 is 14.5 Å². The Balaban J connectivity index is 1.64. The summed E-state index contributed by atoms with van der Waals surface area (Å²) in [6, 6.07) is 7.64. The van der Waals surface area contributed by atoms with Gasteiger partial charge in [0.15, 0.2) is 11.5 Å². The van der Waals surface area contributed by atoms with Crippen LogP contribution in [0.15, 0.2) is 40.9 Å². The summed E-state index contributed by atoms with van der Waals surface area (Å²) in [5.41, 5.74) is 2.45. The van der Waals surface area contributed by atoms with Crippen molar-refractivity contribution < 1.29 is 18.9 Å². The van der Waals surface area contributed by atoms with E-state index in [1.807, 2.05) is 31.6 Å². The van der Waals surface area contributed by atoms with Crippen molar-refractivity contribution in [3.8, 4) is 5.75 Å². The summed E-state index contributed by atoms with van der Waals surface area (Å²) in [4.78, 5) is 23.2. The maximum absolute atomic E-state index is 12.5. The number of aromatic nitrogens is 2. The molecule has 9 heteroatoms. The van der Waals surface area contributed by atoms with Crippen molar-refractivity contribution in [1.82, 2.24) is 15.1 Å². The number of nitrogens with zero attached hydrogens (tertiary/aromatic N) is 3. The van der Waals surface area contributed by atoms with Crippen LogP contribution in [0.1, 0.15) is 53.0 Å². The van der Waals surface area contributed by atoms with Crippen LogP contribution in [0, 0.1) is 24.0 Å². The Morgan fingerprint density at radius 2 is 2.10 bits per heavy atom. The molecular weight excluding hydrogens is 388 g/mol. The van der Waals surface area contributed by atoms with Gasteiger partial charge in [0.25, 0.3) is 5.91 Å². The molecule has 158 valence electrons. The van der Waals surface area contributed by atoms with Gasteiger partial charge in [-0.25, -0.2) is 0 Å². The van der Waals surface area contributed by atoms with E-state index in [0.717, 1.165) is 23.4 Å². The summed E-state index contributed by atoms with van der Waals surface area (Å²) in [6.07, 6.45) is 1.91. The lowest BCUT2D eigenvalue weighted by molar-refractivity contribution is -0.386. The molecule has 3 aromatic rings. The number of amides is 1. The highest BCUT2D eigenvalue weighted by atomic mass is 16.6. The first-order valence-electron chi connectivity index (χ1n) is 9.59. The quantitative estimate of drug-likeness (QED) is 0.440. The highest BCUT2D eigenvalue weighted by Crippen LogP contribution is 2.28. The number of carbonyl (C=O) groups excluding carboxylic acids is 1. The third-order valence-corrected chi connectivity index (χ3v) is 4.69. The summed E-state index contributed by atoms with van der Waals surface area (Å²) in [5, 5.41) is 18.5. The van der Waals surface area contributed by atoms with Crippen molar-refractivity contribution in [3.05, 3.63) is 75.0 Å². The Morgan fingerprint density at radius 3 is 2.77 bits per heavy atom. The molecule has 0 aliphatic rings. The topological polar surface area (TPSA) is 112 Å². The second kappa shape index (κ2) is 8.81. The molecule has 9 nitrogen and oxygen atoms in total. The fourth-order valence-electron chi connectivity index (χ4n) is 3.08. The summed E-state index contributed by atoms with van der Waals surface area (Å²) in [5.74, 6) is 0.306. The van der Waals surface area contributed by atoms with Crippen LogP contribution in [0.4, 0.5) is 5.69 Å². The van der Waals surface area contributed by atoms with E-state index in [1.165, 1.54) is 6.07 Å². The number of hydrogen-bond acceptors (Lipinski definition) is 6. The van der Waals surface area contributed by atoms with Gasteiger partial charge in [-0.3, -0.25) is 19.6 Å². The highest BCUT2D eigenvalue weighted by molar-refractivity contribution is 5.91. The lowest BCUT2D eigenvalue weighted by Gasteiger charge is -2.12. The third-order valence-electron chi connectivity index (χ3n) is 4.69. The van der Waals surface area contributed by atoms with Gasteiger partial charge in [0.05, 0.1) is 16.7 Å². The average Bonchev–Trinajstić information content (AvgIpc) is 3.33. The van der Waals surface area contributed by atoms with Crippen LogP contribution >= 0.6 is 0 Å². The number of benzene rings is 1. The van der Waals surface area contributed by atoms with Crippen LogP contribution < -0.4 is 10.1 Å². The molecule has 0 aliphatic heterocycles. The van der Waals surface area contributed by atoms with Gasteiger partial charge in [0.2, 0.25) is 0 Å². The van der Waals surface area contributed by atoms with E-state index >= 15 is 0 Å². The summed E-state index contributed by atoms with van der Waals surface area (Å²) in [6.45, 7) is 8.26. The molecule has 1 amide bonds. The highest BCUT2D eigenvalue weighted by Gasteiger charge is 2.19. The SMILES string of the molecule is CCn1cc(C(C)NC(=O)c2ccc(COc3ccc(C)cc3[N+](=O)[O-])o2)c(C)n1. The lowest BCUT2D eigenvalue weighted by Crippen LogP contribution is -2.26. The number of furan rings is 1. The first-order valence-corrected chi connectivity index (χ1v) is 9.59. The zero-order valence-corrected chi connectivity index (χ0v) is 17.3. The van der Waals surface area contributed by atoms with Gasteiger partial charge in [-0.2, -0.15) is 5.10 Å². The van der Waals surface area contributed by atoms with Gasteiger partial charge in [0, 0.05) is 24.4 Å². The van der Waals surface area contributed by atoms with E-state index in [1.54, 1.807) is 31.2 Å². The van der Waals surface area contributed by atoms with E-state index in [2.05, 4.69) is 10.4 Å². The van der Waals surface area contributed by atoms with Crippen molar-refractivity contribution in [2.75, 3.05) is 0 Å². The molecule has 30 heavy (non-hydrogen) atoms. The molecule has 0 radical (unpaired) electrons. The molecule has 0 saturated carbocycles. The van der Waals surface area contributed by atoms with Crippen LogP contribution in [-0.4, -0.2) is 20.6 Å². The zero-order valence-electron chi connectivity index (χ0n) is 17.3. The lowest BCUT2D eigenvalue weighted by atomic mass is 10.1. The van der Waals surface area contributed by atoms with E-state index in [4.69, 9.17) is 9.15 Å². The first kappa shape index (κ1) is 21.1. The number of nitrogens with one attached hydrogen (secondary N) is 1. The van der Waals surface area contributed by atoms with Gasteiger partial charge in [0.1, 0.15) is 12.4 Å². The molecule has 1 N–H and O–H groups in total. The Hall–Kier alpha value is -3.62. The minimum Gasteiger partial charge on any atom is -0.479 e. The number of aryl methyl sites for hydroxylation is 3. The van der Waals surface area contributed by atoms with Gasteiger partial charge in [-0.1, -0.05) is 6.07 Å². The van der Waals surface area contributed by atoms with Crippen LogP contribution in [-0.2, 0) is 13.2 Å². The molecule has 0 spiro atoms. The van der Waals surface area contributed by atoms with Gasteiger partial charge >= 0.3 is 5.69 Å². The van der Waals surface area contributed by atoms with Crippen molar-refractivity contribution in [2.45, 2.75) is 46.9 Å². The molecule has 0 bridgehead atoms. The molecule has 1 aromatic carbocycles. The molecule has 0 fully saturated rings. The Kier molecular flexibility index (Phi) is 6.20. The van der Waals surface area contributed by atoms with Crippen molar-refractivity contribution in [3.63, 3.8) is 0 Å². The van der Waals surface area contributed by atoms with Crippen molar-refractivity contribution >= 4 is 11.6 Å². The van der Waals surface area contributed by atoms with Crippen molar-refractivity contribution in [2.24, 2.45) is 0 Å². The summed E-state index contributed by atoms with van der Waals surface area (Å²) < 4.78 is 12.9. The minimum absolute atomic E-state index is 0.0326. The fraction of sp³-hybridized carbons (Fsp3) is 0.333. The molecule has 2 aromatic heterocycles.